The van der Waals surface area contributed by atoms with Crippen LogP contribution in [0.25, 0.3) is 0 Å². The number of hydrogen-bond acceptors (Lipinski definition) is 5. The van der Waals surface area contributed by atoms with Crippen molar-refractivity contribution in [2.45, 2.75) is 31.8 Å². The molecule has 0 aliphatic carbocycles. The lowest BCUT2D eigenvalue weighted by atomic mass is 10.1. The van der Waals surface area contributed by atoms with Crippen LogP contribution in [0.4, 0.5) is 5.69 Å². The molecular formula is C13H17NO4S. The maximum Gasteiger partial charge on any atom is 0.350 e. The van der Waals surface area contributed by atoms with Crippen LogP contribution in [0, 0.1) is 0 Å². The van der Waals surface area contributed by atoms with E-state index in [1.54, 1.807) is 11.4 Å². The molecule has 1 amide bonds. The Morgan fingerprint density at radius 3 is 3.11 bits per heavy atom. The van der Waals surface area contributed by atoms with Gasteiger partial charge in [0.2, 0.25) is 5.91 Å². The first kappa shape index (κ1) is 14.0. The Balaban J connectivity index is 1.84. The number of anilines is 1. The Morgan fingerprint density at radius 2 is 2.42 bits per heavy atom. The molecule has 1 aromatic rings. The fourth-order valence-electron chi connectivity index (χ4n) is 2.04. The van der Waals surface area contributed by atoms with Crippen LogP contribution in [-0.4, -0.2) is 31.7 Å². The van der Waals surface area contributed by atoms with Gasteiger partial charge in [-0.3, -0.25) is 4.79 Å². The zero-order chi connectivity index (χ0) is 13.7. The molecule has 0 aromatic carbocycles. The smallest absolute Gasteiger partial charge is 0.350 e. The molecule has 2 rings (SSSR count). The van der Waals surface area contributed by atoms with E-state index in [9.17, 15) is 9.59 Å². The van der Waals surface area contributed by atoms with E-state index >= 15 is 0 Å². The van der Waals surface area contributed by atoms with Crippen LogP contribution < -0.4 is 5.32 Å². The summed E-state index contributed by atoms with van der Waals surface area (Å²) in [6.07, 6.45) is 3.43. The molecule has 0 spiro atoms. The third-order valence-corrected chi connectivity index (χ3v) is 3.92. The van der Waals surface area contributed by atoms with Crippen LogP contribution in [0.1, 0.15) is 35.4 Å². The number of carbonyl (C=O) groups is 2. The van der Waals surface area contributed by atoms with E-state index in [2.05, 4.69) is 10.1 Å². The van der Waals surface area contributed by atoms with E-state index in [1.807, 2.05) is 0 Å². The standard InChI is InChI=1S/C13H17NO4S/c1-17-13(16)12-10(6-8-19-12)14-11(15)5-4-9-3-2-7-18-9/h6,8-9H,2-5,7H2,1H3,(H,14,15). The quantitative estimate of drug-likeness (QED) is 0.843. The third-order valence-electron chi connectivity index (χ3n) is 3.03. The van der Waals surface area contributed by atoms with Crippen molar-refractivity contribution in [2.75, 3.05) is 19.0 Å². The summed E-state index contributed by atoms with van der Waals surface area (Å²) in [6, 6.07) is 1.71. The normalized spacial score (nSPS) is 18.3. The summed E-state index contributed by atoms with van der Waals surface area (Å²) in [7, 11) is 1.32. The maximum atomic E-state index is 11.8. The highest BCUT2D eigenvalue weighted by molar-refractivity contribution is 7.12. The Kier molecular flexibility index (Phi) is 4.93. The fraction of sp³-hybridized carbons (Fsp3) is 0.538. The molecule has 2 heterocycles. The summed E-state index contributed by atoms with van der Waals surface area (Å²) in [5.41, 5.74) is 0.522. The minimum absolute atomic E-state index is 0.0981. The molecule has 1 saturated heterocycles. The minimum atomic E-state index is -0.426. The Hall–Kier alpha value is -1.40. The lowest BCUT2D eigenvalue weighted by Gasteiger charge is -2.09. The van der Waals surface area contributed by atoms with Crippen molar-refractivity contribution in [3.05, 3.63) is 16.3 Å². The van der Waals surface area contributed by atoms with Crippen LogP contribution in [0.5, 0.6) is 0 Å². The van der Waals surface area contributed by atoms with Crippen LogP contribution in [-0.2, 0) is 14.3 Å². The molecule has 5 nitrogen and oxygen atoms in total. The molecule has 1 unspecified atom stereocenters. The second-order valence-electron chi connectivity index (χ2n) is 4.38. The molecule has 6 heteroatoms. The van der Waals surface area contributed by atoms with Gasteiger partial charge in [0, 0.05) is 13.0 Å². The van der Waals surface area contributed by atoms with E-state index in [4.69, 9.17) is 4.74 Å². The Labute approximate surface area is 115 Å². The summed E-state index contributed by atoms with van der Waals surface area (Å²) < 4.78 is 10.1. The summed E-state index contributed by atoms with van der Waals surface area (Å²) in [4.78, 5) is 23.7. The third kappa shape index (κ3) is 3.78. The van der Waals surface area contributed by atoms with Gasteiger partial charge in [-0.15, -0.1) is 11.3 Å². The molecule has 104 valence electrons. The number of nitrogens with one attached hydrogen (secondary N) is 1. The summed E-state index contributed by atoms with van der Waals surface area (Å²) in [6.45, 7) is 0.795. The molecule has 1 atom stereocenters. The van der Waals surface area contributed by atoms with Gasteiger partial charge in [-0.2, -0.15) is 0 Å². The second-order valence-corrected chi connectivity index (χ2v) is 5.29. The fourth-order valence-corrected chi connectivity index (χ4v) is 2.80. The van der Waals surface area contributed by atoms with Gasteiger partial charge in [0.05, 0.1) is 18.9 Å². The van der Waals surface area contributed by atoms with Gasteiger partial charge in [0.1, 0.15) is 4.88 Å². The average Bonchev–Trinajstić information content (AvgIpc) is 3.06. The topological polar surface area (TPSA) is 64.6 Å². The zero-order valence-corrected chi connectivity index (χ0v) is 11.6. The number of amides is 1. The van der Waals surface area contributed by atoms with Crippen molar-refractivity contribution >= 4 is 28.9 Å². The molecule has 0 radical (unpaired) electrons. The summed E-state index contributed by atoms with van der Waals surface area (Å²) in [5.74, 6) is -0.525. The molecule has 1 aliphatic heterocycles. The predicted molar refractivity (Wildman–Crippen MR) is 72.5 cm³/mol. The first-order chi connectivity index (χ1) is 9.20. The van der Waals surface area contributed by atoms with Crippen molar-refractivity contribution in [2.24, 2.45) is 0 Å². The Morgan fingerprint density at radius 1 is 1.58 bits per heavy atom. The Bertz CT molecular complexity index is 451. The van der Waals surface area contributed by atoms with Crippen molar-refractivity contribution in [3.8, 4) is 0 Å². The number of methoxy groups -OCH3 is 1. The lowest BCUT2D eigenvalue weighted by Crippen LogP contribution is -2.16. The van der Waals surface area contributed by atoms with Gasteiger partial charge in [0.15, 0.2) is 0 Å². The minimum Gasteiger partial charge on any atom is -0.465 e. The maximum absolute atomic E-state index is 11.8. The molecule has 1 aliphatic rings. The first-order valence-corrected chi connectivity index (χ1v) is 7.16. The van der Waals surface area contributed by atoms with Gasteiger partial charge in [-0.25, -0.2) is 4.79 Å². The van der Waals surface area contributed by atoms with E-state index < -0.39 is 5.97 Å². The molecule has 0 bridgehead atoms. The highest BCUT2D eigenvalue weighted by Gasteiger charge is 2.18. The van der Waals surface area contributed by atoms with E-state index in [0.717, 1.165) is 25.9 Å². The average molecular weight is 283 g/mol. The van der Waals surface area contributed by atoms with Crippen molar-refractivity contribution in [1.82, 2.24) is 0 Å². The SMILES string of the molecule is COC(=O)c1sccc1NC(=O)CCC1CCCO1. The molecule has 19 heavy (non-hydrogen) atoms. The van der Waals surface area contributed by atoms with Crippen LogP contribution in [0.3, 0.4) is 0 Å². The van der Waals surface area contributed by atoms with Gasteiger partial charge in [-0.05, 0) is 30.7 Å². The predicted octanol–water partition coefficient (Wildman–Crippen LogP) is 2.43. The number of carbonyl (C=O) groups excluding carboxylic acids is 2. The lowest BCUT2D eigenvalue weighted by molar-refractivity contribution is -0.116. The van der Waals surface area contributed by atoms with Gasteiger partial charge in [0.25, 0.3) is 0 Å². The summed E-state index contributed by atoms with van der Waals surface area (Å²) >= 11 is 1.25. The number of rotatable bonds is 5. The molecule has 0 saturated carbocycles. The van der Waals surface area contributed by atoms with E-state index in [0.29, 0.717) is 17.0 Å². The molecule has 1 fully saturated rings. The zero-order valence-electron chi connectivity index (χ0n) is 10.8. The largest absolute Gasteiger partial charge is 0.465 e. The molecule has 1 N–H and O–H groups in total. The monoisotopic (exact) mass is 283 g/mol. The van der Waals surface area contributed by atoms with Crippen molar-refractivity contribution in [1.29, 1.82) is 0 Å². The van der Waals surface area contributed by atoms with E-state index in [1.165, 1.54) is 18.4 Å². The first-order valence-electron chi connectivity index (χ1n) is 6.28. The van der Waals surface area contributed by atoms with Crippen LogP contribution in [0.2, 0.25) is 0 Å². The van der Waals surface area contributed by atoms with Crippen LogP contribution in [0.15, 0.2) is 11.4 Å². The summed E-state index contributed by atoms with van der Waals surface area (Å²) in [5, 5.41) is 4.50. The molecule has 1 aromatic heterocycles. The highest BCUT2D eigenvalue weighted by atomic mass is 32.1. The van der Waals surface area contributed by atoms with Crippen molar-refractivity contribution < 1.29 is 19.1 Å². The van der Waals surface area contributed by atoms with Gasteiger partial charge >= 0.3 is 5.97 Å². The number of esters is 1. The van der Waals surface area contributed by atoms with Gasteiger partial charge in [-0.1, -0.05) is 0 Å². The van der Waals surface area contributed by atoms with Gasteiger partial charge < -0.3 is 14.8 Å². The van der Waals surface area contributed by atoms with Crippen molar-refractivity contribution in [3.63, 3.8) is 0 Å². The van der Waals surface area contributed by atoms with E-state index in [-0.39, 0.29) is 12.0 Å². The highest BCUT2D eigenvalue weighted by Crippen LogP contribution is 2.24. The number of ether oxygens (including phenoxy) is 2. The molecular weight excluding hydrogens is 266 g/mol. The van der Waals surface area contributed by atoms with Crippen LogP contribution >= 0.6 is 11.3 Å². The number of hydrogen-bond donors (Lipinski definition) is 1. The second kappa shape index (κ2) is 6.68. The number of thiophene rings is 1.